The topological polar surface area (TPSA) is 89.7 Å². The quantitative estimate of drug-likeness (QED) is 0.730. The summed E-state index contributed by atoms with van der Waals surface area (Å²) in [6.07, 6.45) is 1.36. The third kappa shape index (κ3) is 1.29. The minimum Gasteiger partial charge on any atom is -0.382 e. The summed E-state index contributed by atoms with van der Waals surface area (Å²) in [7, 11) is 1.60. The molecule has 2 heterocycles. The first kappa shape index (κ1) is 8.89. The predicted molar refractivity (Wildman–Crippen MR) is 51.5 cm³/mol. The van der Waals surface area contributed by atoms with Gasteiger partial charge in [0, 0.05) is 7.11 Å². The zero-order valence-corrected chi connectivity index (χ0v) is 7.98. The predicted octanol–water partition coefficient (Wildman–Crippen LogP) is 0.643. The maximum atomic E-state index is 5.70. The van der Waals surface area contributed by atoms with Crippen LogP contribution >= 0.6 is 0 Å². The summed E-state index contributed by atoms with van der Waals surface area (Å²) in [6, 6.07) is 0. The Labute approximate surface area is 80.5 Å². The number of nitrogens with two attached hydrogens (primary N) is 1. The molecule has 6 heteroatoms. The van der Waals surface area contributed by atoms with Crippen molar-refractivity contribution in [2.45, 2.75) is 13.0 Å². The fourth-order valence-corrected chi connectivity index (χ4v) is 1.16. The zero-order chi connectivity index (χ0) is 10.1. The first-order chi connectivity index (χ1) is 6.72. The van der Waals surface area contributed by atoms with Gasteiger partial charge in [-0.1, -0.05) is 0 Å². The summed E-state index contributed by atoms with van der Waals surface area (Å²) in [4.78, 5) is 15.2. The molecule has 0 aliphatic heterocycles. The van der Waals surface area contributed by atoms with Gasteiger partial charge in [0.15, 0.2) is 17.3 Å². The van der Waals surface area contributed by atoms with Gasteiger partial charge in [0.05, 0.1) is 6.33 Å². The molecular formula is C8H11N5O. The van der Waals surface area contributed by atoms with Gasteiger partial charge >= 0.3 is 0 Å². The highest BCUT2D eigenvalue weighted by Gasteiger charge is 2.12. The molecule has 0 saturated heterocycles. The van der Waals surface area contributed by atoms with Gasteiger partial charge in [0.2, 0.25) is 0 Å². The normalized spacial score (nSPS) is 13.3. The Kier molecular flexibility index (Phi) is 2.05. The van der Waals surface area contributed by atoms with Crippen molar-refractivity contribution in [2.24, 2.45) is 0 Å². The highest BCUT2D eigenvalue weighted by Crippen LogP contribution is 2.17. The van der Waals surface area contributed by atoms with Crippen LogP contribution < -0.4 is 5.73 Å². The van der Waals surface area contributed by atoms with E-state index in [9.17, 15) is 0 Å². The molecule has 2 aromatic rings. The number of aromatic nitrogens is 4. The molecule has 1 unspecified atom stereocenters. The van der Waals surface area contributed by atoms with Crippen molar-refractivity contribution in [3.63, 3.8) is 0 Å². The van der Waals surface area contributed by atoms with Crippen molar-refractivity contribution in [3.05, 3.63) is 12.2 Å². The molecular weight excluding hydrogens is 182 g/mol. The Morgan fingerprint density at radius 1 is 1.50 bits per heavy atom. The lowest BCUT2D eigenvalue weighted by Gasteiger charge is -2.07. The molecule has 0 spiro atoms. The van der Waals surface area contributed by atoms with Gasteiger partial charge in [-0.05, 0) is 6.92 Å². The third-order valence-electron chi connectivity index (χ3n) is 2.04. The number of fused-ring (bicyclic) bond motifs is 1. The monoisotopic (exact) mass is 193 g/mol. The number of nitrogens with zero attached hydrogens (tertiary/aromatic N) is 3. The van der Waals surface area contributed by atoms with E-state index < -0.39 is 0 Å². The molecule has 1 atom stereocenters. The molecule has 14 heavy (non-hydrogen) atoms. The molecule has 2 aromatic heterocycles. The van der Waals surface area contributed by atoms with E-state index in [1.165, 1.54) is 6.33 Å². The Hall–Kier alpha value is -1.69. The molecule has 0 saturated carbocycles. The van der Waals surface area contributed by atoms with Crippen molar-refractivity contribution < 1.29 is 4.74 Å². The van der Waals surface area contributed by atoms with Crippen LogP contribution in [0.25, 0.3) is 11.2 Å². The second kappa shape index (κ2) is 3.22. The standard InChI is InChI=1S/C8H11N5O/c1-4(14-2)7-12-6(9)5-8(13-7)11-3-10-5/h3-4H,1-2H3,(H3,9,10,11,12,13). The van der Waals surface area contributed by atoms with E-state index in [0.29, 0.717) is 22.8 Å². The smallest absolute Gasteiger partial charge is 0.163 e. The van der Waals surface area contributed by atoms with Crippen molar-refractivity contribution in [1.82, 2.24) is 19.9 Å². The van der Waals surface area contributed by atoms with E-state index in [4.69, 9.17) is 10.5 Å². The zero-order valence-electron chi connectivity index (χ0n) is 7.98. The fraction of sp³-hybridized carbons (Fsp3) is 0.375. The van der Waals surface area contributed by atoms with Crippen LogP contribution in [0.2, 0.25) is 0 Å². The number of H-pyrrole nitrogens is 1. The Balaban J connectivity index is 2.58. The largest absolute Gasteiger partial charge is 0.382 e. The number of aromatic amines is 1. The van der Waals surface area contributed by atoms with Crippen molar-refractivity contribution in [2.75, 3.05) is 12.8 Å². The summed E-state index contributed by atoms with van der Waals surface area (Å²) in [5, 5.41) is 0. The number of rotatable bonds is 2. The first-order valence-electron chi connectivity index (χ1n) is 4.21. The lowest BCUT2D eigenvalue weighted by Crippen LogP contribution is -2.05. The van der Waals surface area contributed by atoms with Crippen LogP contribution in [0, 0.1) is 0 Å². The maximum absolute atomic E-state index is 5.70. The number of imidazole rings is 1. The van der Waals surface area contributed by atoms with Crippen LogP contribution in [0.5, 0.6) is 0 Å². The van der Waals surface area contributed by atoms with Gasteiger partial charge in [-0.2, -0.15) is 0 Å². The molecule has 74 valence electrons. The number of hydrogen-bond donors (Lipinski definition) is 2. The van der Waals surface area contributed by atoms with Crippen molar-refractivity contribution in [3.8, 4) is 0 Å². The molecule has 0 bridgehead atoms. The molecule has 0 aliphatic rings. The first-order valence-corrected chi connectivity index (χ1v) is 4.21. The van der Waals surface area contributed by atoms with Crippen LogP contribution in [0.1, 0.15) is 18.9 Å². The van der Waals surface area contributed by atoms with Crippen molar-refractivity contribution in [1.29, 1.82) is 0 Å². The minimum atomic E-state index is -0.176. The Morgan fingerprint density at radius 2 is 2.29 bits per heavy atom. The fourth-order valence-electron chi connectivity index (χ4n) is 1.16. The number of ether oxygens (including phenoxy) is 1. The van der Waals surface area contributed by atoms with E-state index >= 15 is 0 Å². The maximum Gasteiger partial charge on any atom is 0.163 e. The summed E-state index contributed by atoms with van der Waals surface area (Å²) in [5.74, 6) is 0.928. The summed E-state index contributed by atoms with van der Waals surface area (Å²) < 4.78 is 5.10. The second-order valence-corrected chi connectivity index (χ2v) is 2.94. The number of hydrogen-bond acceptors (Lipinski definition) is 5. The molecule has 2 rings (SSSR count). The van der Waals surface area contributed by atoms with Gasteiger partial charge in [-0.25, -0.2) is 15.0 Å². The molecule has 0 radical (unpaired) electrons. The van der Waals surface area contributed by atoms with E-state index in [2.05, 4.69) is 19.9 Å². The van der Waals surface area contributed by atoms with Crippen LogP contribution in [0.4, 0.5) is 5.82 Å². The van der Waals surface area contributed by atoms with E-state index in [1.807, 2.05) is 6.92 Å². The summed E-state index contributed by atoms with van der Waals surface area (Å²) >= 11 is 0. The van der Waals surface area contributed by atoms with Crippen molar-refractivity contribution >= 4 is 17.0 Å². The van der Waals surface area contributed by atoms with Gasteiger partial charge in [-0.3, -0.25) is 0 Å². The highest BCUT2D eigenvalue weighted by molar-refractivity contribution is 5.80. The average Bonchev–Trinajstić information content (AvgIpc) is 2.64. The van der Waals surface area contributed by atoms with Crippen LogP contribution in [0.15, 0.2) is 6.33 Å². The molecule has 0 amide bonds. The SMILES string of the molecule is COC(C)c1nc(N)c2nc[nH]c2n1. The van der Waals surface area contributed by atoms with Crippen LogP contribution in [0.3, 0.4) is 0 Å². The number of anilines is 1. The molecule has 0 fully saturated rings. The number of methoxy groups -OCH3 is 1. The Morgan fingerprint density at radius 3 is 3.00 bits per heavy atom. The van der Waals surface area contributed by atoms with Gasteiger partial charge in [0.25, 0.3) is 0 Å². The molecule has 0 aliphatic carbocycles. The molecule has 0 aromatic carbocycles. The Bertz CT molecular complexity index is 452. The van der Waals surface area contributed by atoms with Crippen LogP contribution in [-0.2, 0) is 4.74 Å². The highest BCUT2D eigenvalue weighted by atomic mass is 16.5. The van der Waals surface area contributed by atoms with E-state index in [-0.39, 0.29) is 6.10 Å². The summed E-state index contributed by atoms with van der Waals surface area (Å²) in [5.41, 5.74) is 6.93. The lowest BCUT2D eigenvalue weighted by molar-refractivity contribution is 0.112. The van der Waals surface area contributed by atoms with E-state index in [0.717, 1.165) is 0 Å². The number of nitrogens with one attached hydrogen (secondary N) is 1. The average molecular weight is 193 g/mol. The third-order valence-corrected chi connectivity index (χ3v) is 2.04. The van der Waals surface area contributed by atoms with E-state index in [1.54, 1.807) is 7.11 Å². The second-order valence-electron chi connectivity index (χ2n) is 2.94. The number of nitrogen functional groups attached to an aromatic ring is 1. The molecule has 6 nitrogen and oxygen atoms in total. The van der Waals surface area contributed by atoms with Gasteiger partial charge in [-0.15, -0.1) is 0 Å². The van der Waals surface area contributed by atoms with Gasteiger partial charge < -0.3 is 15.5 Å². The minimum absolute atomic E-state index is 0.176. The molecule has 3 N–H and O–H groups in total. The van der Waals surface area contributed by atoms with Gasteiger partial charge in [0.1, 0.15) is 11.6 Å². The van der Waals surface area contributed by atoms with Crippen LogP contribution in [-0.4, -0.2) is 27.0 Å². The lowest BCUT2D eigenvalue weighted by atomic mass is 10.3. The summed E-state index contributed by atoms with van der Waals surface area (Å²) in [6.45, 7) is 1.86.